The first kappa shape index (κ1) is 12.8. The Morgan fingerprint density at radius 1 is 1.55 bits per heavy atom. The minimum absolute atomic E-state index is 0. The number of anilines is 1. The SMILES string of the molecule is COCC(=O)Nc1cc(-c2ccnc3[nH]ccc23)cs1.[HH]. The minimum Gasteiger partial charge on any atom is -0.375 e. The standard InChI is InChI=1S/C14H13N3O2S.H2/c1-19-7-12(18)17-13-6-9(8-20-13)10-2-4-15-14-11(10)3-5-16-14;/h2-6,8H,7H2,1H3,(H,15,16)(H,17,18);1H. The van der Waals surface area contributed by atoms with Crippen molar-refractivity contribution in [2.45, 2.75) is 0 Å². The van der Waals surface area contributed by atoms with Gasteiger partial charge in [-0.15, -0.1) is 11.3 Å². The first-order chi connectivity index (χ1) is 9.78. The van der Waals surface area contributed by atoms with Crippen molar-refractivity contribution in [2.75, 3.05) is 19.0 Å². The first-order valence-corrected chi connectivity index (χ1v) is 6.95. The van der Waals surface area contributed by atoms with E-state index in [4.69, 9.17) is 4.74 Å². The molecule has 0 aliphatic carbocycles. The van der Waals surface area contributed by atoms with Gasteiger partial charge in [0.15, 0.2) is 0 Å². The molecular formula is C14H15N3O2S. The summed E-state index contributed by atoms with van der Waals surface area (Å²) in [5.74, 6) is -0.151. The zero-order chi connectivity index (χ0) is 13.9. The van der Waals surface area contributed by atoms with E-state index in [1.165, 1.54) is 18.4 Å². The maximum atomic E-state index is 11.5. The number of thiophene rings is 1. The molecule has 2 N–H and O–H groups in total. The second-order valence-electron chi connectivity index (χ2n) is 4.28. The fraction of sp³-hybridized carbons (Fsp3) is 0.143. The van der Waals surface area contributed by atoms with Crippen molar-refractivity contribution < 1.29 is 11.0 Å². The lowest BCUT2D eigenvalue weighted by atomic mass is 10.1. The van der Waals surface area contributed by atoms with E-state index in [9.17, 15) is 4.79 Å². The van der Waals surface area contributed by atoms with E-state index < -0.39 is 0 Å². The van der Waals surface area contributed by atoms with Crippen molar-refractivity contribution in [3.05, 3.63) is 36.0 Å². The molecule has 6 heteroatoms. The van der Waals surface area contributed by atoms with Gasteiger partial charge in [0.2, 0.25) is 0 Å². The highest BCUT2D eigenvalue weighted by atomic mass is 32.1. The van der Waals surface area contributed by atoms with Crippen molar-refractivity contribution in [2.24, 2.45) is 0 Å². The van der Waals surface area contributed by atoms with Crippen LogP contribution in [0.4, 0.5) is 5.00 Å². The largest absolute Gasteiger partial charge is 0.375 e. The Hall–Kier alpha value is -2.18. The number of carbonyl (C=O) groups is 1. The van der Waals surface area contributed by atoms with Gasteiger partial charge in [0.25, 0.3) is 5.91 Å². The number of H-pyrrole nitrogens is 1. The molecule has 0 fully saturated rings. The number of aromatic nitrogens is 2. The van der Waals surface area contributed by atoms with Gasteiger partial charge >= 0.3 is 0 Å². The maximum Gasteiger partial charge on any atom is 0.250 e. The number of amides is 1. The van der Waals surface area contributed by atoms with Gasteiger partial charge < -0.3 is 15.0 Å². The number of carbonyl (C=O) groups excluding carboxylic acids is 1. The number of nitrogens with zero attached hydrogens (tertiary/aromatic N) is 1. The summed E-state index contributed by atoms with van der Waals surface area (Å²) >= 11 is 1.49. The van der Waals surface area contributed by atoms with Gasteiger partial charge in [-0.1, -0.05) is 0 Å². The van der Waals surface area contributed by atoms with Crippen LogP contribution in [0.15, 0.2) is 36.0 Å². The van der Waals surface area contributed by atoms with Gasteiger partial charge in [-0.2, -0.15) is 0 Å². The summed E-state index contributed by atoms with van der Waals surface area (Å²) < 4.78 is 4.79. The summed E-state index contributed by atoms with van der Waals surface area (Å²) in [6, 6.07) is 5.93. The molecule has 0 aromatic carbocycles. The highest BCUT2D eigenvalue weighted by Crippen LogP contribution is 2.32. The molecular weight excluding hydrogens is 274 g/mol. The van der Waals surface area contributed by atoms with E-state index in [2.05, 4.69) is 15.3 Å². The zero-order valence-corrected chi connectivity index (χ0v) is 11.7. The predicted molar refractivity (Wildman–Crippen MR) is 82.0 cm³/mol. The lowest BCUT2D eigenvalue weighted by Crippen LogP contribution is -2.16. The van der Waals surface area contributed by atoms with E-state index >= 15 is 0 Å². The second kappa shape index (κ2) is 5.44. The van der Waals surface area contributed by atoms with Crippen molar-refractivity contribution in [1.29, 1.82) is 0 Å². The van der Waals surface area contributed by atoms with Crippen LogP contribution in [-0.4, -0.2) is 29.6 Å². The lowest BCUT2D eigenvalue weighted by Gasteiger charge is -2.01. The molecule has 0 aliphatic heterocycles. The van der Waals surface area contributed by atoms with Gasteiger partial charge in [-0.25, -0.2) is 4.98 Å². The molecule has 3 rings (SSSR count). The topological polar surface area (TPSA) is 67.0 Å². The fourth-order valence-electron chi connectivity index (χ4n) is 2.06. The van der Waals surface area contributed by atoms with Crippen LogP contribution in [0.1, 0.15) is 1.43 Å². The fourth-order valence-corrected chi connectivity index (χ4v) is 2.88. The number of hydrogen-bond acceptors (Lipinski definition) is 4. The van der Waals surface area contributed by atoms with Crippen LogP contribution in [0.3, 0.4) is 0 Å². The minimum atomic E-state index is -0.151. The normalized spacial score (nSPS) is 10.8. The van der Waals surface area contributed by atoms with Crippen LogP contribution in [0.5, 0.6) is 0 Å². The Balaban J connectivity index is 0.00000161. The van der Waals surface area contributed by atoms with Crippen LogP contribution >= 0.6 is 11.3 Å². The molecule has 0 saturated carbocycles. The van der Waals surface area contributed by atoms with Crippen LogP contribution < -0.4 is 5.32 Å². The number of hydrogen-bond donors (Lipinski definition) is 2. The summed E-state index contributed by atoms with van der Waals surface area (Å²) in [5, 5.41) is 6.70. The van der Waals surface area contributed by atoms with E-state index in [1.54, 1.807) is 6.20 Å². The summed E-state index contributed by atoms with van der Waals surface area (Å²) in [6.07, 6.45) is 3.64. The molecule has 0 unspecified atom stereocenters. The third kappa shape index (κ3) is 2.43. The van der Waals surface area contributed by atoms with Crippen LogP contribution in [0, 0.1) is 0 Å². The van der Waals surface area contributed by atoms with Crippen LogP contribution in [-0.2, 0) is 9.53 Å². The Kier molecular flexibility index (Phi) is 3.49. The zero-order valence-electron chi connectivity index (χ0n) is 10.8. The summed E-state index contributed by atoms with van der Waals surface area (Å²) in [5.41, 5.74) is 3.02. The third-order valence-electron chi connectivity index (χ3n) is 2.91. The highest BCUT2D eigenvalue weighted by Gasteiger charge is 2.09. The maximum absolute atomic E-state index is 11.5. The van der Waals surface area contributed by atoms with Gasteiger partial charge in [0.05, 0.1) is 5.00 Å². The number of ether oxygens (including phenoxy) is 1. The monoisotopic (exact) mass is 289 g/mol. The molecule has 0 aliphatic rings. The van der Waals surface area contributed by atoms with Crippen LogP contribution in [0.2, 0.25) is 0 Å². The van der Waals surface area contributed by atoms with Gasteiger partial charge in [0, 0.05) is 31.7 Å². The van der Waals surface area contributed by atoms with Crippen molar-refractivity contribution in [1.82, 2.24) is 9.97 Å². The van der Waals surface area contributed by atoms with E-state index in [1.807, 2.05) is 29.8 Å². The molecule has 3 heterocycles. The number of pyridine rings is 1. The van der Waals surface area contributed by atoms with E-state index in [0.717, 1.165) is 27.2 Å². The van der Waals surface area contributed by atoms with E-state index in [-0.39, 0.29) is 13.9 Å². The van der Waals surface area contributed by atoms with Crippen molar-refractivity contribution in [3.63, 3.8) is 0 Å². The Morgan fingerprint density at radius 2 is 2.45 bits per heavy atom. The summed E-state index contributed by atoms with van der Waals surface area (Å²) in [4.78, 5) is 18.8. The Labute approximate surface area is 121 Å². The molecule has 0 saturated heterocycles. The number of rotatable bonds is 4. The number of aromatic amines is 1. The molecule has 5 nitrogen and oxygen atoms in total. The molecule has 0 bridgehead atoms. The lowest BCUT2D eigenvalue weighted by molar-refractivity contribution is -0.119. The molecule has 3 aromatic heterocycles. The van der Waals surface area contributed by atoms with Gasteiger partial charge in [-0.05, 0) is 29.3 Å². The van der Waals surface area contributed by atoms with Gasteiger partial charge in [0.1, 0.15) is 12.3 Å². The second-order valence-corrected chi connectivity index (χ2v) is 5.19. The molecule has 1 amide bonds. The molecule has 0 spiro atoms. The Morgan fingerprint density at radius 3 is 3.30 bits per heavy atom. The first-order valence-electron chi connectivity index (χ1n) is 6.07. The highest BCUT2D eigenvalue weighted by molar-refractivity contribution is 7.14. The molecule has 104 valence electrons. The smallest absolute Gasteiger partial charge is 0.250 e. The van der Waals surface area contributed by atoms with Crippen molar-refractivity contribution in [3.8, 4) is 11.1 Å². The summed E-state index contributed by atoms with van der Waals surface area (Å²) in [7, 11) is 1.50. The Bertz CT molecular complexity index is 753. The molecule has 0 radical (unpaired) electrons. The predicted octanol–water partition coefficient (Wildman–Crippen LogP) is 3.12. The number of fused-ring (bicyclic) bond motifs is 1. The average molecular weight is 289 g/mol. The molecule has 3 aromatic rings. The molecule has 20 heavy (non-hydrogen) atoms. The summed E-state index contributed by atoms with van der Waals surface area (Å²) in [6.45, 7) is 0.0601. The quantitative estimate of drug-likeness (QED) is 0.775. The number of nitrogens with one attached hydrogen (secondary N) is 2. The van der Waals surface area contributed by atoms with Gasteiger partial charge in [-0.3, -0.25) is 4.79 Å². The van der Waals surface area contributed by atoms with Crippen LogP contribution in [0.25, 0.3) is 22.2 Å². The average Bonchev–Trinajstić information content (AvgIpc) is 3.06. The van der Waals surface area contributed by atoms with Crippen molar-refractivity contribution >= 4 is 33.3 Å². The number of methoxy groups -OCH3 is 1. The molecule has 0 atom stereocenters. The third-order valence-corrected chi connectivity index (χ3v) is 3.75. The van der Waals surface area contributed by atoms with E-state index in [0.29, 0.717) is 0 Å².